The topological polar surface area (TPSA) is 78.5 Å². The summed E-state index contributed by atoms with van der Waals surface area (Å²) in [6.07, 6.45) is 5.57. The standard InChI is InChI=1S/C19H24N3O3/c23-13-15(12-14-6-2-1-3-7-14)21-18(24)17-9-5-11-22(17)19(25)16-8-4-10-20-16/h1-3,6-7,15-17,20H,4-5,8-12H2,(H,21,24)/t15-,16-,17-/m0/s1. The summed E-state index contributed by atoms with van der Waals surface area (Å²) in [6.45, 7) is 1.45. The molecule has 0 unspecified atom stereocenters. The molecular weight excluding hydrogens is 318 g/mol. The predicted molar refractivity (Wildman–Crippen MR) is 93.5 cm³/mol. The Bertz CT molecular complexity index is 614. The highest BCUT2D eigenvalue weighted by Gasteiger charge is 2.38. The van der Waals surface area contributed by atoms with Crippen LogP contribution in [-0.2, 0) is 20.8 Å². The Morgan fingerprint density at radius 3 is 2.72 bits per heavy atom. The summed E-state index contributed by atoms with van der Waals surface area (Å²) in [4.78, 5) is 38.2. The van der Waals surface area contributed by atoms with E-state index in [1.807, 2.05) is 36.6 Å². The number of likely N-dealkylation sites (tertiary alicyclic amines) is 1. The smallest absolute Gasteiger partial charge is 0.243 e. The van der Waals surface area contributed by atoms with Gasteiger partial charge in [0.2, 0.25) is 18.1 Å². The molecule has 1 radical (unpaired) electrons. The molecule has 0 aromatic heterocycles. The third kappa shape index (κ3) is 4.25. The van der Waals surface area contributed by atoms with Crippen LogP contribution in [0.1, 0.15) is 31.2 Å². The fourth-order valence-electron chi connectivity index (χ4n) is 3.64. The molecule has 0 spiro atoms. The molecule has 2 aliphatic rings. The molecule has 0 aliphatic carbocycles. The molecule has 2 fully saturated rings. The van der Waals surface area contributed by atoms with Crippen LogP contribution >= 0.6 is 0 Å². The molecule has 2 amide bonds. The lowest BCUT2D eigenvalue weighted by molar-refractivity contribution is -0.139. The van der Waals surface area contributed by atoms with E-state index in [4.69, 9.17) is 0 Å². The molecule has 3 rings (SSSR count). The first-order chi connectivity index (χ1) is 12.2. The Hall–Kier alpha value is -2.21. The van der Waals surface area contributed by atoms with Crippen molar-refractivity contribution in [2.45, 2.75) is 50.2 Å². The van der Waals surface area contributed by atoms with Gasteiger partial charge in [-0.2, -0.15) is 0 Å². The molecule has 25 heavy (non-hydrogen) atoms. The zero-order valence-electron chi connectivity index (χ0n) is 14.2. The highest BCUT2D eigenvalue weighted by Crippen LogP contribution is 2.21. The van der Waals surface area contributed by atoms with Crippen molar-refractivity contribution in [3.63, 3.8) is 0 Å². The van der Waals surface area contributed by atoms with E-state index in [0.717, 1.165) is 31.4 Å². The molecule has 0 saturated carbocycles. The van der Waals surface area contributed by atoms with Gasteiger partial charge in [-0.15, -0.1) is 0 Å². The van der Waals surface area contributed by atoms with Crippen LogP contribution in [0.4, 0.5) is 0 Å². The lowest BCUT2D eigenvalue weighted by Crippen LogP contribution is -2.53. The first kappa shape index (κ1) is 17.6. The van der Waals surface area contributed by atoms with Crippen LogP contribution in [0, 0.1) is 0 Å². The molecule has 3 atom stereocenters. The minimum absolute atomic E-state index is 0.00448. The number of rotatable bonds is 6. The average molecular weight is 342 g/mol. The van der Waals surface area contributed by atoms with Crippen LogP contribution in [0.5, 0.6) is 0 Å². The quantitative estimate of drug-likeness (QED) is 0.792. The predicted octanol–water partition coefficient (Wildman–Crippen LogP) is 0.567. The molecule has 0 bridgehead atoms. The number of nitrogens with one attached hydrogen (secondary N) is 2. The average Bonchev–Trinajstić information content (AvgIpc) is 3.33. The Morgan fingerprint density at radius 2 is 2.04 bits per heavy atom. The number of carbonyl (C=O) groups excluding carboxylic acids is 3. The Kier molecular flexibility index (Phi) is 5.81. The Morgan fingerprint density at radius 1 is 1.24 bits per heavy atom. The van der Waals surface area contributed by atoms with Gasteiger partial charge in [0.15, 0.2) is 0 Å². The van der Waals surface area contributed by atoms with Crippen LogP contribution in [-0.4, -0.2) is 54.2 Å². The molecule has 2 saturated heterocycles. The Balaban J connectivity index is 1.60. The van der Waals surface area contributed by atoms with Gasteiger partial charge in [-0.25, -0.2) is 0 Å². The zero-order valence-corrected chi connectivity index (χ0v) is 14.2. The van der Waals surface area contributed by atoms with Gasteiger partial charge in [0, 0.05) is 13.0 Å². The highest BCUT2D eigenvalue weighted by atomic mass is 16.2. The van der Waals surface area contributed by atoms with Crippen molar-refractivity contribution in [3.05, 3.63) is 35.9 Å². The second-order valence-corrected chi connectivity index (χ2v) is 6.71. The van der Waals surface area contributed by atoms with Crippen molar-refractivity contribution >= 4 is 18.1 Å². The maximum Gasteiger partial charge on any atom is 0.243 e. The monoisotopic (exact) mass is 342 g/mol. The summed E-state index contributed by atoms with van der Waals surface area (Å²) >= 11 is 0. The summed E-state index contributed by atoms with van der Waals surface area (Å²) in [5, 5.41) is 5.95. The van der Waals surface area contributed by atoms with Crippen LogP contribution in [0.15, 0.2) is 30.3 Å². The van der Waals surface area contributed by atoms with Crippen molar-refractivity contribution in [1.82, 2.24) is 15.5 Å². The minimum Gasteiger partial charge on any atom is -0.344 e. The van der Waals surface area contributed by atoms with Crippen LogP contribution in [0.3, 0.4) is 0 Å². The summed E-state index contributed by atoms with van der Waals surface area (Å²) in [5.74, 6) is -0.252. The van der Waals surface area contributed by atoms with Crippen molar-refractivity contribution < 1.29 is 14.4 Å². The number of hydrogen-bond donors (Lipinski definition) is 2. The fourth-order valence-corrected chi connectivity index (χ4v) is 3.64. The molecule has 6 heteroatoms. The number of nitrogens with zero attached hydrogens (tertiary/aromatic N) is 1. The normalized spacial score (nSPS) is 24.1. The van der Waals surface area contributed by atoms with Crippen molar-refractivity contribution in [2.24, 2.45) is 0 Å². The van der Waals surface area contributed by atoms with Crippen LogP contribution in [0.2, 0.25) is 0 Å². The molecule has 2 N–H and O–H groups in total. The molecule has 2 heterocycles. The number of carbonyl (C=O) groups is 2. The number of benzene rings is 1. The van der Waals surface area contributed by atoms with E-state index in [9.17, 15) is 14.4 Å². The second-order valence-electron chi connectivity index (χ2n) is 6.71. The van der Waals surface area contributed by atoms with E-state index >= 15 is 0 Å². The van der Waals surface area contributed by atoms with Crippen molar-refractivity contribution in [1.29, 1.82) is 0 Å². The molecule has 133 valence electrons. The molecular formula is C19H24N3O3. The van der Waals surface area contributed by atoms with E-state index in [1.165, 1.54) is 0 Å². The number of amides is 2. The zero-order chi connectivity index (χ0) is 17.6. The van der Waals surface area contributed by atoms with Gasteiger partial charge >= 0.3 is 0 Å². The lowest BCUT2D eigenvalue weighted by atomic mass is 10.1. The summed E-state index contributed by atoms with van der Waals surface area (Å²) in [6, 6.07) is 8.16. The van der Waals surface area contributed by atoms with Gasteiger partial charge in [-0.1, -0.05) is 30.3 Å². The molecule has 2 aliphatic heterocycles. The Labute approximate surface area is 148 Å². The maximum absolute atomic E-state index is 12.6. The summed E-state index contributed by atoms with van der Waals surface area (Å²) in [7, 11) is 0. The fraction of sp³-hybridized carbons (Fsp3) is 0.526. The van der Waals surface area contributed by atoms with E-state index in [-0.39, 0.29) is 17.9 Å². The largest absolute Gasteiger partial charge is 0.344 e. The first-order valence-corrected chi connectivity index (χ1v) is 8.95. The minimum atomic E-state index is -0.697. The SMILES string of the molecule is O=[C][C@H](Cc1ccccc1)NC(=O)[C@@H]1CCCN1C(=O)[C@@H]1CCCN1. The number of hydrogen-bond acceptors (Lipinski definition) is 4. The van der Waals surface area contributed by atoms with Crippen LogP contribution in [0.25, 0.3) is 0 Å². The van der Waals surface area contributed by atoms with Crippen molar-refractivity contribution in [3.8, 4) is 0 Å². The highest BCUT2D eigenvalue weighted by molar-refractivity contribution is 5.91. The van der Waals surface area contributed by atoms with E-state index in [2.05, 4.69) is 10.6 Å². The van der Waals surface area contributed by atoms with Gasteiger partial charge < -0.3 is 15.5 Å². The van der Waals surface area contributed by atoms with E-state index in [0.29, 0.717) is 19.4 Å². The van der Waals surface area contributed by atoms with E-state index < -0.39 is 12.1 Å². The lowest BCUT2D eigenvalue weighted by Gasteiger charge is -2.27. The molecule has 1 aromatic rings. The maximum atomic E-state index is 12.6. The van der Waals surface area contributed by atoms with Gasteiger partial charge in [0.05, 0.1) is 12.1 Å². The molecule has 1 aromatic carbocycles. The van der Waals surface area contributed by atoms with Gasteiger partial charge in [-0.3, -0.25) is 14.4 Å². The van der Waals surface area contributed by atoms with E-state index in [1.54, 1.807) is 4.90 Å². The second kappa shape index (κ2) is 8.25. The third-order valence-corrected chi connectivity index (χ3v) is 4.94. The van der Waals surface area contributed by atoms with Crippen molar-refractivity contribution in [2.75, 3.05) is 13.1 Å². The molecule has 6 nitrogen and oxygen atoms in total. The van der Waals surface area contributed by atoms with Gasteiger partial charge in [-0.05, 0) is 37.8 Å². The van der Waals surface area contributed by atoms with Crippen LogP contribution < -0.4 is 10.6 Å². The third-order valence-electron chi connectivity index (χ3n) is 4.94. The summed E-state index contributed by atoms with van der Waals surface area (Å²) in [5.41, 5.74) is 0.964. The first-order valence-electron chi connectivity index (χ1n) is 8.95. The van der Waals surface area contributed by atoms with Gasteiger partial charge in [0.1, 0.15) is 6.04 Å². The van der Waals surface area contributed by atoms with Gasteiger partial charge in [0.25, 0.3) is 0 Å². The summed E-state index contributed by atoms with van der Waals surface area (Å²) < 4.78 is 0.